The zero-order chi connectivity index (χ0) is 16.8. The van der Waals surface area contributed by atoms with Crippen LogP contribution in [0.3, 0.4) is 0 Å². The SMILES string of the molecule is NCc1cc(Cl)c(-c2ncc3oc4ccc(Br)cc4c3n2)cc1F. The van der Waals surface area contributed by atoms with Gasteiger partial charge in [0.15, 0.2) is 11.4 Å². The Hall–Kier alpha value is -2.02. The van der Waals surface area contributed by atoms with E-state index in [1.807, 2.05) is 18.2 Å². The summed E-state index contributed by atoms with van der Waals surface area (Å²) >= 11 is 9.69. The Morgan fingerprint density at radius 1 is 1.21 bits per heavy atom. The van der Waals surface area contributed by atoms with Crippen molar-refractivity contribution in [3.63, 3.8) is 0 Å². The molecule has 7 heteroatoms. The van der Waals surface area contributed by atoms with Crippen molar-refractivity contribution < 1.29 is 8.81 Å². The molecule has 0 spiro atoms. The van der Waals surface area contributed by atoms with Gasteiger partial charge in [-0.15, -0.1) is 0 Å². The van der Waals surface area contributed by atoms with E-state index in [1.165, 1.54) is 12.1 Å². The summed E-state index contributed by atoms with van der Waals surface area (Å²) in [6.07, 6.45) is 1.57. The summed E-state index contributed by atoms with van der Waals surface area (Å²) in [5.41, 5.74) is 8.17. The molecule has 4 rings (SSSR count). The van der Waals surface area contributed by atoms with Crippen molar-refractivity contribution in [2.45, 2.75) is 6.54 Å². The van der Waals surface area contributed by atoms with Crippen LogP contribution >= 0.6 is 27.5 Å². The smallest absolute Gasteiger partial charge is 0.172 e. The van der Waals surface area contributed by atoms with E-state index >= 15 is 0 Å². The lowest BCUT2D eigenvalue weighted by Gasteiger charge is -2.06. The van der Waals surface area contributed by atoms with Gasteiger partial charge in [-0.3, -0.25) is 0 Å². The van der Waals surface area contributed by atoms with Gasteiger partial charge in [0.2, 0.25) is 0 Å². The fraction of sp³-hybridized carbons (Fsp3) is 0.0588. The van der Waals surface area contributed by atoms with Crippen LogP contribution in [-0.2, 0) is 6.54 Å². The summed E-state index contributed by atoms with van der Waals surface area (Å²) < 4.78 is 20.7. The van der Waals surface area contributed by atoms with Crippen LogP contribution in [0.15, 0.2) is 45.4 Å². The van der Waals surface area contributed by atoms with Crippen molar-refractivity contribution in [2.75, 3.05) is 0 Å². The lowest BCUT2D eigenvalue weighted by atomic mass is 10.1. The van der Waals surface area contributed by atoms with E-state index in [9.17, 15) is 4.39 Å². The maximum atomic E-state index is 14.1. The van der Waals surface area contributed by atoms with E-state index in [2.05, 4.69) is 25.9 Å². The minimum absolute atomic E-state index is 0.0755. The van der Waals surface area contributed by atoms with Gasteiger partial charge in [-0.25, -0.2) is 14.4 Å². The van der Waals surface area contributed by atoms with Crippen LogP contribution in [0.1, 0.15) is 5.56 Å². The maximum Gasteiger partial charge on any atom is 0.172 e. The van der Waals surface area contributed by atoms with Crippen LogP contribution in [0, 0.1) is 5.82 Å². The second-order valence-electron chi connectivity index (χ2n) is 5.28. The maximum absolute atomic E-state index is 14.1. The third-order valence-electron chi connectivity index (χ3n) is 3.77. The molecule has 0 atom stereocenters. The Balaban J connectivity index is 1.96. The van der Waals surface area contributed by atoms with Crippen LogP contribution in [0.25, 0.3) is 33.5 Å². The minimum atomic E-state index is -0.430. The number of rotatable bonds is 2. The summed E-state index contributed by atoms with van der Waals surface area (Å²) in [6.45, 7) is 0.0755. The predicted molar refractivity (Wildman–Crippen MR) is 95.3 cm³/mol. The number of nitrogens with two attached hydrogens (primary N) is 1. The van der Waals surface area contributed by atoms with Crippen molar-refractivity contribution in [1.82, 2.24) is 9.97 Å². The first-order valence-electron chi connectivity index (χ1n) is 7.10. The molecule has 24 heavy (non-hydrogen) atoms. The molecule has 0 aliphatic carbocycles. The van der Waals surface area contributed by atoms with E-state index in [1.54, 1.807) is 6.20 Å². The Morgan fingerprint density at radius 2 is 2.04 bits per heavy atom. The number of nitrogens with zero attached hydrogens (tertiary/aromatic N) is 2. The number of hydrogen-bond donors (Lipinski definition) is 1. The predicted octanol–water partition coefficient (Wildman–Crippen LogP) is 5.06. The highest BCUT2D eigenvalue weighted by molar-refractivity contribution is 9.10. The van der Waals surface area contributed by atoms with Gasteiger partial charge in [0.1, 0.15) is 16.9 Å². The first kappa shape index (κ1) is 15.5. The van der Waals surface area contributed by atoms with Gasteiger partial charge in [0.25, 0.3) is 0 Å². The Morgan fingerprint density at radius 3 is 2.83 bits per heavy atom. The average molecular weight is 407 g/mol. The van der Waals surface area contributed by atoms with Crippen molar-refractivity contribution >= 4 is 49.6 Å². The van der Waals surface area contributed by atoms with Gasteiger partial charge in [0, 0.05) is 27.5 Å². The normalized spacial score (nSPS) is 11.5. The molecular formula is C17H10BrClFN3O. The quantitative estimate of drug-likeness (QED) is 0.505. The van der Waals surface area contributed by atoms with Gasteiger partial charge in [-0.2, -0.15) is 0 Å². The molecule has 4 nitrogen and oxygen atoms in total. The number of benzene rings is 2. The lowest BCUT2D eigenvalue weighted by Crippen LogP contribution is -2.01. The monoisotopic (exact) mass is 405 g/mol. The molecule has 0 amide bonds. The molecule has 2 heterocycles. The molecule has 0 bridgehead atoms. The third kappa shape index (κ3) is 2.47. The molecule has 0 saturated heterocycles. The summed E-state index contributed by atoms with van der Waals surface area (Å²) in [5.74, 6) is -0.0990. The van der Waals surface area contributed by atoms with E-state index in [0.717, 1.165) is 9.86 Å². The molecule has 2 N–H and O–H groups in total. The number of furan rings is 1. The van der Waals surface area contributed by atoms with Crippen LogP contribution < -0.4 is 5.73 Å². The number of halogens is 3. The van der Waals surface area contributed by atoms with Crippen LogP contribution in [-0.4, -0.2) is 9.97 Å². The van der Waals surface area contributed by atoms with E-state index in [-0.39, 0.29) is 6.54 Å². The van der Waals surface area contributed by atoms with Gasteiger partial charge in [-0.1, -0.05) is 27.5 Å². The summed E-state index contributed by atoms with van der Waals surface area (Å²) in [4.78, 5) is 8.78. The lowest BCUT2D eigenvalue weighted by molar-refractivity contribution is 0.611. The number of hydrogen-bond acceptors (Lipinski definition) is 4. The molecule has 2 aromatic heterocycles. The van der Waals surface area contributed by atoms with Crippen molar-refractivity contribution in [3.8, 4) is 11.4 Å². The van der Waals surface area contributed by atoms with E-state index in [4.69, 9.17) is 21.8 Å². The van der Waals surface area contributed by atoms with Gasteiger partial charge in [0.05, 0.1) is 11.2 Å². The first-order valence-corrected chi connectivity index (χ1v) is 8.27. The largest absolute Gasteiger partial charge is 0.453 e. The molecule has 4 aromatic rings. The first-order chi connectivity index (χ1) is 11.6. The zero-order valence-electron chi connectivity index (χ0n) is 12.2. The topological polar surface area (TPSA) is 64.9 Å². The van der Waals surface area contributed by atoms with Gasteiger partial charge in [-0.05, 0) is 30.3 Å². The van der Waals surface area contributed by atoms with Crippen molar-refractivity contribution in [3.05, 3.63) is 57.4 Å². The second kappa shape index (κ2) is 5.81. The van der Waals surface area contributed by atoms with Crippen molar-refractivity contribution in [2.24, 2.45) is 5.73 Å². The molecule has 0 fully saturated rings. The fourth-order valence-electron chi connectivity index (χ4n) is 2.58. The van der Waals surface area contributed by atoms with Gasteiger partial charge >= 0.3 is 0 Å². The summed E-state index contributed by atoms with van der Waals surface area (Å²) in [6, 6.07) is 8.46. The van der Waals surface area contributed by atoms with Crippen LogP contribution in [0.4, 0.5) is 4.39 Å². The standard InChI is InChI=1S/C17H10BrClFN3O/c18-9-1-2-14-11(4-9)16-15(24-14)7-22-17(23-16)10-5-13(20)8(6-21)3-12(10)19/h1-5,7H,6,21H2. The molecule has 0 saturated carbocycles. The third-order valence-corrected chi connectivity index (χ3v) is 4.57. The molecule has 0 radical (unpaired) electrons. The molecule has 0 unspecified atom stereocenters. The van der Waals surface area contributed by atoms with Crippen LogP contribution in [0.2, 0.25) is 5.02 Å². The number of fused-ring (bicyclic) bond motifs is 3. The zero-order valence-corrected chi connectivity index (χ0v) is 14.5. The molecule has 2 aromatic carbocycles. The summed E-state index contributed by atoms with van der Waals surface area (Å²) in [5, 5.41) is 1.20. The highest BCUT2D eigenvalue weighted by atomic mass is 79.9. The fourth-order valence-corrected chi connectivity index (χ4v) is 3.21. The molecule has 0 aliphatic heterocycles. The minimum Gasteiger partial charge on any atom is -0.453 e. The molecular weight excluding hydrogens is 397 g/mol. The van der Waals surface area contributed by atoms with Crippen molar-refractivity contribution in [1.29, 1.82) is 0 Å². The molecule has 0 aliphatic rings. The summed E-state index contributed by atoms with van der Waals surface area (Å²) in [7, 11) is 0. The second-order valence-corrected chi connectivity index (χ2v) is 6.60. The Bertz CT molecular complexity index is 1100. The van der Waals surface area contributed by atoms with E-state index < -0.39 is 5.82 Å². The highest BCUT2D eigenvalue weighted by Crippen LogP contribution is 2.33. The Kier molecular flexibility index (Phi) is 3.75. The number of aromatic nitrogens is 2. The van der Waals surface area contributed by atoms with Gasteiger partial charge < -0.3 is 10.2 Å². The highest BCUT2D eigenvalue weighted by Gasteiger charge is 2.15. The average Bonchev–Trinajstić information content (AvgIpc) is 2.93. The Labute approximate surface area is 149 Å². The van der Waals surface area contributed by atoms with E-state index in [0.29, 0.717) is 38.7 Å². The molecule has 120 valence electrons. The van der Waals surface area contributed by atoms with Crippen LogP contribution in [0.5, 0.6) is 0 Å².